The van der Waals surface area contributed by atoms with E-state index in [4.69, 9.17) is 9.84 Å². The lowest BCUT2D eigenvalue weighted by molar-refractivity contribution is -0.119. The minimum atomic E-state index is -1.13. The fourth-order valence-corrected chi connectivity index (χ4v) is 2.09. The molecule has 6 nitrogen and oxygen atoms in total. The summed E-state index contributed by atoms with van der Waals surface area (Å²) in [4.78, 5) is 22.1. The van der Waals surface area contributed by atoms with Crippen molar-refractivity contribution in [3.63, 3.8) is 0 Å². The van der Waals surface area contributed by atoms with E-state index in [2.05, 4.69) is 10.6 Å². The number of rotatable bonds is 3. The molecule has 2 rings (SSSR count). The van der Waals surface area contributed by atoms with E-state index in [0.29, 0.717) is 5.75 Å². The number of hydrogen-bond acceptors (Lipinski definition) is 3. The topological polar surface area (TPSA) is 87.7 Å². The summed E-state index contributed by atoms with van der Waals surface area (Å²) in [6, 6.07) is 6.39. The molecule has 0 bridgehead atoms. The third kappa shape index (κ3) is 2.53. The van der Waals surface area contributed by atoms with Gasteiger partial charge < -0.3 is 20.5 Å². The first-order valence-corrected chi connectivity index (χ1v) is 5.53. The van der Waals surface area contributed by atoms with Crippen molar-refractivity contribution in [2.75, 3.05) is 7.11 Å². The van der Waals surface area contributed by atoms with Crippen molar-refractivity contribution in [3.05, 3.63) is 29.8 Å². The summed E-state index contributed by atoms with van der Waals surface area (Å²) in [7, 11) is 1.55. The number of carboxylic acid groups (broad SMARTS) is 1. The Balaban J connectivity index is 2.23. The summed E-state index contributed by atoms with van der Waals surface area (Å²) in [5.41, 5.74) is 0.818. The number of benzene rings is 1. The number of carbonyl (C=O) groups is 2. The molecule has 1 aliphatic rings. The monoisotopic (exact) mass is 250 g/mol. The maximum absolute atomic E-state index is 11.4. The summed E-state index contributed by atoms with van der Waals surface area (Å²) in [6.07, 6.45) is -0.988. The standard InChI is InChI=1S/C12H14N2O4/c1-18-8-4-2-3-7(5-8)11-9(13-12(16)17)6-10(15)14-11/h2-5,9,11,13H,6H2,1H3,(H,14,15)(H,16,17)/t9-,11+/m0/s1. The molecule has 0 aliphatic carbocycles. The number of nitrogens with one attached hydrogen (secondary N) is 2. The maximum Gasteiger partial charge on any atom is 0.404 e. The van der Waals surface area contributed by atoms with Crippen LogP contribution in [0.3, 0.4) is 0 Å². The lowest BCUT2D eigenvalue weighted by Crippen LogP contribution is -2.37. The molecule has 0 spiro atoms. The molecule has 1 fully saturated rings. The van der Waals surface area contributed by atoms with Crippen molar-refractivity contribution in [1.29, 1.82) is 0 Å². The lowest BCUT2D eigenvalue weighted by atomic mass is 10.0. The highest BCUT2D eigenvalue weighted by atomic mass is 16.5. The Labute approximate surface area is 104 Å². The van der Waals surface area contributed by atoms with E-state index in [0.717, 1.165) is 5.56 Å². The summed E-state index contributed by atoms with van der Waals surface area (Å²) in [6.45, 7) is 0. The molecule has 1 aromatic rings. The van der Waals surface area contributed by atoms with Crippen molar-refractivity contribution < 1.29 is 19.4 Å². The molecule has 0 aromatic heterocycles. The third-order valence-electron chi connectivity index (χ3n) is 2.89. The molecule has 1 aromatic carbocycles. The second-order valence-electron chi connectivity index (χ2n) is 4.08. The van der Waals surface area contributed by atoms with E-state index in [-0.39, 0.29) is 18.4 Å². The predicted molar refractivity (Wildman–Crippen MR) is 63.4 cm³/mol. The van der Waals surface area contributed by atoms with Gasteiger partial charge in [0, 0.05) is 6.42 Å². The van der Waals surface area contributed by atoms with Crippen LogP contribution in [0.15, 0.2) is 24.3 Å². The largest absolute Gasteiger partial charge is 0.497 e. The van der Waals surface area contributed by atoms with Gasteiger partial charge in [0.1, 0.15) is 5.75 Å². The Kier molecular flexibility index (Phi) is 3.36. The highest BCUT2D eigenvalue weighted by Gasteiger charge is 2.34. The summed E-state index contributed by atoms with van der Waals surface area (Å²) in [5, 5.41) is 13.9. The molecular formula is C12H14N2O4. The van der Waals surface area contributed by atoms with E-state index in [1.807, 2.05) is 6.07 Å². The van der Waals surface area contributed by atoms with Crippen molar-refractivity contribution in [3.8, 4) is 5.75 Å². The van der Waals surface area contributed by atoms with Gasteiger partial charge in [-0.2, -0.15) is 0 Å². The van der Waals surface area contributed by atoms with Crippen LogP contribution < -0.4 is 15.4 Å². The molecule has 1 aliphatic heterocycles. The van der Waals surface area contributed by atoms with Crippen LogP contribution >= 0.6 is 0 Å². The van der Waals surface area contributed by atoms with E-state index in [9.17, 15) is 9.59 Å². The number of amides is 2. The van der Waals surface area contributed by atoms with Crippen LogP contribution in [-0.4, -0.2) is 30.3 Å². The van der Waals surface area contributed by atoms with Gasteiger partial charge in [0.25, 0.3) is 0 Å². The molecular weight excluding hydrogens is 236 g/mol. The summed E-state index contributed by atoms with van der Waals surface area (Å²) in [5.74, 6) is 0.504. The van der Waals surface area contributed by atoms with Crippen LogP contribution in [0.2, 0.25) is 0 Å². The molecule has 0 unspecified atom stereocenters. The Bertz CT molecular complexity index is 475. The molecule has 1 saturated heterocycles. The zero-order chi connectivity index (χ0) is 13.1. The van der Waals surface area contributed by atoms with Gasteiger partial charge in [-0.25, -0.2) is 4.79 Å². The second kappa shape index (κ2) is 4.95. The van der Waals surface area contributed by atoms with Gasteiger partial charge >= 0.3 is 6.09 Å². The second-order valence-corrected chi connectivity index (χ2v) is 4.08. The average molecular weight is 250 g/mol. The Morgan fingerprint density at radius 3 is 3.00 bits per heavy atom. The van der Waals surface area contributed by atoms with E-state index in [1.54, 1.807) is 25.3 Å². The molecule has 2 atom stereocenters. The van der Waals surface area contributed by atoms with Gasteiger partial charge in [0.05, 0.1) is 19.2 Å². The first kappa shape index (κ1) is 12.2. The van der Waals surface area contributed by atoms with Crippen molar-refractivity contribution >= 4 is 12.0 Å². The Morgan fingerprint density at radius 2 is 2.33 bits per heavy atom. The predicted octanol–water partition coefficient (Wildman–Crippen LogP) is 0.892. The van der Waals surface area contributed by atoms with E-state index in [1.165, 1.54) is 0 Å². The molecule has 2 amide bonds. The smallest absolute Gasteiger partial charge is 0.404 e. The first-order chi connectivity index (χ1) is 8.60. The van der Waals surface area contributed by atoms with Crippen LogP contribution in [-0.2, 0) is 4.79 Å². The van der Waals surface area contributed by atoms with Gasteiger partial charge in [-0.15, -0.1) is 0 Å². The summed E-state index contributed by atoms with van der Waals surface area (Å²) >= 11 is 0. The first-order valence-electron chi connectivity index (χ1n) is 5.53. The SMILES string of the molecule is COc1cccc([C@H]2NC(=O)C[C@@H]2NC(=O)O)c1. The van der Waals surface area contributed by atoms with E-state index >= 15 is 0 Å². The highest BCUT2D eigenvalue weighted by molar-refractivity contribution is 5.81. The van der Waals surface area contributed by atoms with Crippen LogP contribution in [0.25, 0.3) is 0 Å². The van der Waals surface area contributed by atoms with Crippen LogP contribution in [0.1, 0.15) is 18.0 Å². The number of methoxy groups -OCH3 is 1. The normalized spacial score (nSPS) is 22.4. The molecule has 3 N–H and O–H groups in total. The third-order valence-corrected chi connectivity index (χ3v) is 2.89. The molecule has 6 heteroatoms. The summed E-state index contributed by atoms with van der Waals surface area (Å²) < 4.78 is 5.11. The minimum Gasteiger partial charge on any atom is -0.497 e. The van der Waals surface area contributed by atoms with E-state index < -0.39 is 12.1 Å². The van der Waals surface area contributed by atoms with Crippen molar-refractivity contribution in [1.82, 2.24) is 10.6 Å². The number of carbonyl (C=O) groups excluding carboxylic acids is 1. The molecule has 0 radical (unpaired) electrons. The Morgan fingerprint density at radius 1 is 1.56 bits per heavy atom. The van der Waals surface area contributed by atoms with Crippen molar-refractivity contribution in [2.24, 2.45) is 0 Å². The number of ether oxygens (including phenoxy) is 1. The zero-order valence-corrected chi connectivity index (χ0v) is 9.84. The van der Waals surface area contributed by atoms with Crippen molar-refractivity contribution in [2.45, 2.75) is 18.5 Å². The number of hydrogen-bond donors (Lipinski definition) is 3. The van der Waals surface area contributed by atoms with Gasteiger partial charge in [-0.05, 0) is 17.7 Å². The van der Waals surface area contributed by atoms with Crippen LogP contribution in [0.5, 0.6) is 5.75 Å². The van der Waals surface area contributed by atoms with Crippen LogP contribution in [0, 0.1) is 0 Å². The molecule has 18 heavy (non-hydrogen) atoms. The van der Waals surface area contributed by atoms with Crippen LogP contribution in [0.4, 0.5) is 4.79 Å². The lowest BCUT2D eigenvalue weighted by Gasteiger charge is -2.19. The fraction of sp³-hybridized carbons (Fsp3) is 0.333. The molecule has 96 valence electrons. The van der Waals surface area contributed by atoms with Gasteiger partial charge in [0.15, 0.2) is 0 Å². The Hall–Kier alpha value is -2.24. The van der Waals surface area contributed by atoms with Gasteiger partial charge in [-0.1, -0.05) is 12.1 Å². The van der Waals surface area contributed by atoms with Gasteiger partial charge in [0.2, 0.25) is 5.91 Å². The highest BCUT2D eigenvalue weighted by Crippen LogP contribution is 2.27. The maximum atomic E-state index is 11.4. The molecule has 0 saturated carbocycles. The van der Waals surface area contributed by atoms with Gasteiger partial charge in [-0.3, -0.25) is 4.79 Å². The average Bonchev–Trinajstić information content (AvgIpc) is 2.69. The fourth-order valence-electron chi connectivity index (χ4n) is 2.09. The quantitative estimate of drug-likeness (QED) is 0.743. The zero-order valence-electron chi connectivity index (χ0n) is 9.84. The minimum absolute atomic E-state index is 0.147. The molecule has 1 heterocycles.